The average Bonchev–Trinajstić information content (AvgIpc) is 3.71. The van der Waals surface area contributed by atoms with Gasteiger partial charge < -0.3 is 35.5 Å². The minimum Gasteiger partial charge on any atom is -0.447 e. The molecule has 13 heteroatoms. The van der Waals surface area contributed by atoms with Gasteiger partial charge in [-0.05, 0) is 119 Å². The highest BCUT2D eigenvalue weighted by Crippen LogP contribution is 2.48. The van der Waals surface area contributed by atoms with E-state index in [1.165, 1.54) is 33.2 Å². The van der Waals surface area contributed by atoms with Crippen LogP contribution in [0.1, 0.15) is 30.4 Å². The third-order valence-corrected chi connectivity index (χ3v) is 12.0. The van der Waals surface area contributed by atoms with Crippen LogP contribution in [0.2, 0.25) is 0 Å². The maximum absolute atomic E-state index is 12.1. The van der Waals surface area contributed by atoms with Gasteiger partial charge in [-0.2, -0.15) is 0 Å². The van der Waals surface area contributed by atoms with Gasteiger partial charge in [0.2, 0.25) is 5.91 Å². The van der Waals surface area contributed by atoms with Crippen molar-refractivity contribution in [3.8, 4) is 0 Å². The third kappa shape index (κ3) is 9.26. The summed E-state index contributed by atoms with van der Waals surface area (Å²) in [5, 5.41) is 4.10. The lowest BCUT2D eigenvalue weighted by atomic mass is 9.96. The van der Waals surface area contributed by atoms with Crippen LogP contribution < -0.4 is 16.0 Å². The number of primary amides is 1. The standard InChI is InChI=1S/C22H27N3O3S2.C16H21N3O2/c1-30(27,28)17-7-8-21-19(15-17)25(18-5-2-3-6-20(18)29-21)12-4-11-24-13-9-16(10-14-24)22(23)26;1-19(2)6-5-12-9-17-15-4-3-11(8-14(12)15)7-13-10-21-16(20)18-13/h2-3,5-8,15-16H,4,9-14H2,1H3,(H2,23,26);3-4,8-9,13,17H,5-7,10H2,1-2H3,(H,18,20)/t;13-/m.0/s1. The van der Waals surface area contributed by atoms with E-state index < -0.39 is 9.84 Å². The molecule has 0 saturated carbocycles. The van der Waals surface area contributed by atoms with Crippen molar-refractivity contribution in [2.75, 3.05) is 64.6 Å². The number of carbonyl (C=O) groups excluding carboxylic acids is 2. The van der Waals surface area contributed by atoms with E-state index in [0.29, 0.717) is 11.5 Å². The molecule has 4 heterocycles. The number of nitrogens with one attached hydrogen (secondary N) is 2. The normalized spacial score (nSPS) is 17.8. The van der Waals surface area contributed by atoms with Crippen molar-refractivity contribution in [3.05, 3.63) is 78.0 Å². The van der Waals surface area contributed by atoms with Gasteiger partial charge in [0.15, 0.2) is 9.84 Å². The smallest absolute Gasteiger partial charge is 0.407 e. The van der Waals surface area contributed by atoms with Gasteiger partial charge in [0.05, 0.1) is 22.3 Å². The molecule has 51 heavy (non-hydrogen) atoms. The zero-order valence-corrected chi connectivity index (χ0v) is 31.2. The van der Waals surface area contributed by atoms with Crippen molar-refractivity contribution in [1.82, 2.24) is 20.1 Å². The van der Waals surface area contributed by atoms with Gasteiger partial charge in [-0.1, -0.05) is 30.0 Å². The lowest BCUT2D eigenvalue weighted by Crippen LogP contribution is -2.39. The van der Waals surface area contributed by atoms with E-state index in [0.717, 1.165) is 81.1 Å². The Kier molecular flexibility index (Phi) is 11.6. The second-order valence-electron chi connectivity index (χ2n) is 13.9. The first kappa shape index (κ1) is 36.7. The molecule has 7 rings (SSSR count). The summed E-state index contributed by atoms with van der Waals surface area (Å²) in [4.78, 5) is 35.2. The van der Waals surface area contributed by atoms with Crippen molar-refractivity contribution in [2.45, 2.75) is 52.8 Å². The quantitative estimate of drug-likeness (QED) is 0.190. The number of likely N-dealkylation sites (tertiary alicyclic amines) is 1. The van der Waals surface area contributed by atoms with Gasteiger partial charge in [0, 0.05) is 52.2 Å². The van der Waals surface area contributed by atoms with Crippen LogP contribution >= 0.6 is 11.8 Å². The summed E-state index contributed by atoms with van der Waals surface area (Å²) in [6.07, 6.45) is 7.48. The van der Waals surface area contributed by atoms with Gasteiger partial charge in [-0.3, -0.25) is 4.79 Å². The molecular formula is C38H48N6O5S2. The number of alkyl carbamates (subject to hydrolysis) is 1. The van der Waals surface area contributed by atoms with Crippen molar-refractivity contribution < 1.29 is 22.7 Å². The Morgan fingerprint density at radius 1 is 1.02 bits per heavy atom. The lowest BCUT2D eigenvalue weighted by molar-refractivity contribution is -0.123. The fourth-order valence-electron chi connectivity index (χ4n) is 6.90. The number of aromatic nitrogens is 1. The Hall–Kier alpha value is -4.04. The highest BCUT2D eigenvalue weighted by molar-refractivity contribution is 7.99. The Morgan fingerprint density at radius 3 is 2.49 bits per heavy atom. The fourth-order valence-corrected chi connectivity index (χ4v) is 8.62. The maximum Gasteiger partial charge on any atom is 0.407 e. The molecule has 3 aliphatic heterocycles. The van der Waals surface area contributed by atoms with E-state index in [4.69, 9.17) is 10.5 Å². The zero-order chi connectivity index (χ0) is 36.1. The number of nitrogens with two attached hydrogens (primary N) is 1. The lowest BCUT2D eigenvalue weighted by Gasteiger charge is -2.35. The van der Waals surface area contributed by atoms with Crippen LogP contribution in [-0.2, 0) is 32.2 Å². The van der Waals surface area contributed by atoms with E-state index in [1.807, 2.05) is 18.2 Å². The van der Waals surface area contributed by atoms with Crippen molar-refractivity contribution in [3.63, 3.8) is 0 Å². The summed E-state index contributed by atoms with van der Waals surface area (Å²) in [5.74, 6) is -0.177. The molecule has 1 atom stereocenters. The molecule has 272 valence electrons. The Labute approximate surface area is 304 Å². The molecule has 4 N–H and O–H groups in total. The Balaban J connectivity index is 0.000000187. The number of amides is 2. The van der Waals surface area contributed by atoms with E-state index in [9.17, 15) is 18.0 Å². The number of piperidine rings is 1. The zero-order valence-electron chi connectivity index (χ0n) is 29.6. The topological polar surface area (TPSA) is 141 Å². The second-order valence-corrected chi connectivity index (χ2v) is 17.0. The number of anilines is 2. The number of para-hydroxylation sites is 1. The molecule has 3 aromatic carbocycles. The number of sulfone groups is 1. The predicted octanol–water partition coefficient (Wildman–Crippen LogP) is 5.20. The largest absolute Gasteiger partial charge is 0.447 e. The van der Waals surface area contributed by atoms with Crippen LogP contribution in [0.4, 0.5) is 16.2 Å². The molecule has 1 aromatic heterocycles. The summed E-state index contributed by atoms with van der Waals surface area (Å²) in [6, 6.07) is 20.2. The van der Waals surface area contributed by atoms with Crippen LogP contribution in [0.3, 0.4) is 0 Å². The number of hydrogen-bond donors (Lipinski definition) is 3. The fraction of sp³-hybridized carbons (Fsp3) is 0.421. The van der Waals surface area contributed by atoms with Crippen LogP contribution in [0.5, 0.6) is 0 Å². The van der Waals surface area contributed by atoms with Crippen molar-refractivity contribution in [2.24, 2.45) is 11.7 Å². The molecule has 3 aliphatic rings. The average molecular weight is 733 g/mol. The van der Waals surface area contributed by atoms with Crippen LogP contribution in [0.25, 0.3) is 10.9 Å². The molecule has 0 unspecified atom stereocenters. The van der Waals surface area contributed by atoms with E-state index in [-0.39, 0.29) is 24.0 Å². The van der Waals surface area contributed by atoms with Crippen molar-refractivity contribution >= 4 is 55.9 Å². The predicted molar refractivity (Wildman–Crippen MR) is 203 cm³/mol. The van der Waals surface area contributed by atoms with Gasteiger partial charge in [-0.25, -0.2) is 13.2 Å². The summed E-state index contributed by atoms with van der Waals surface area (Å²) < 4.78 is 29.1. The minimum atomic E-state index is -3.27. The van der Waals surface area contributed by atoms with Crippen LogP contribution in [-0.4, -0.2) is 101 Å². The highest BCUT2D eigenvalue weighted by Gasteiger charge is 2.27. The van der Waals surface area contributed by atoms with Crippen LogP contribution in [0, 0.1) is 5.92 Å². The monoisotopic (exact) mass is 732 g/mol. The number of benzene rings is 3. The summed E-state index contributed by atoms with van der Waals surface area (Å²) in [5.41, 5.74) is 11.2. The third-order valence-electron chi connectivity index (χ3n) is 9.75. The molecule has 2 fully saturated rings. The molecule has 2 saturated heterocycles. The van der Waals surface area contributed by atoms with Crippen molar-refractivity contribution in [1.29, 1.82) is 0 Å². The summed E-state index contributed by atoms with van der Waals surface area (Å²) in [6.45, 7) is 5.02. The Morgan fingerprint density at radius 2 is 1.78 bits per heavy atom. The number of ether oxygens (including phenoxy) is 1. The molecule has 0 spiro atoms. The number of carbonyl (C=O) groups is 2. The summed E-state index contributed by atoms with van der Waals surface area (Å²) in [7, 11) is 0.904. The molecular weight excluding hydrogens is 685 g/mol. The second kappa shape index (κ2) is 16.1. The number of aromatic amines is 1. The van der Waals surface area contributed by atoms with E-state index >= 15 is 0 Å². The Bertz CT molecular complexity index is 1970. The van der Waals surface area contributed by atoms with E-state index in [1.54, 1.807) is 23.9 Å². The first-order valence-corrected chi connectivity index (χ1v) is 20.2. The number of cyclic esters (lactones) is 1. The number of rotatable bonds is 11. The molecule has 2 amide bonds. The number of likely N-dealkylation sites (N-methyl/N-ethyl adjacent to an activating group) is 1. The van der Waals surface area contributed by atoms with Gasteiger partial charge >= 0.3 is 6.09 Å². The number of nitrogens with zero attached hydrogens (tertiary/aromatic N) is 3. The molecule has 4 aromatic rings. The SMILES string of the molecule is CN(C)CCc1c[nH]c2ccc(C[C@H]3COC(=O)N3)cc12.CS(=O)(=O)c1ccc2c(c1)N(CCCN1CCC(C(N)=O)CC1)c1ccccc1S2. The summed E-state index contributed by atoms with van der Waals surface area (Å²) >= 11 is 1.68. The first-order chi connectivity index (χ1) is 24.4. The molecule has 0 radical (unpaired) electrons. The highest BCUT2D eigenvalue weighted by atomic mass is 32.2. The number of hydrogen-bond acceptors (Lipinski definition) is 9. The van der Waals surface area contributed by atoms with Gasteiger partial charge in [0.25, 0.3) is 0 Å². The maximum atomic E-state index is 12.1. The van der Waals surface area contributed by atoms with Gasteiger partial charge in [-0.15, -0.1) is 0 Å². The van der Waals surface area contributed by atoms with E-state index in [2.05, 4.69) is 75.6 Å². The minimum absolute atomic E-state index is 0.00790. The van der Waals surface area contributed by atoms with Crippen LogP contribution in [0.15, 0.2) is 81.5 Å². The molecule has 11 nitrogen and oxygen atoms in total. The molecule has 0 bridgehead atoms. The number of fused-ring (bicyclic) bond motifs is 3. The van der Waals surface area contributed by atoms with Gasteiger partial charge in [0.1, 0.15) is 6.61 Å². The number of H-pyrrole nitrogens is 1. The first-order valence-electron chi connectivity index (χ1n) is 17.5. The molecule has 0 aliphatic carbocycles.